The molecule has 0 bridgehead atoms. The van der Waals surface area contributed by atoms with E-state index in [1.54, 1.807) is 4.90 Å². The lowest BCUT2D eigenvalue weighted by Gasteiger charge is -2.35. The van der Waals surface area contributed by atoms with Crippen LogP contribution >= 0.6 is 0 Å². The zero-order chi connectivity index (χ0) is 15.9. The fourth-order valence-electron chi connectivity index (χ4n) is 3.37. The van der Waals surface area contributed by atoms with Crippen LogP contribution < -0.4 is 0 Å². The van der Waals surface area contributed by atoms with Crippen LogP contribution in [0.2, 0.25) is 0 Å². The second-order valence-electron chi connectivity index (χ2n) is 7.08. The van der Waals surface area contributed by atoms with E-state index in [2.05, 4.69) is 16.7 Å². The molecule has 1 saturated heterocycles. The maximum atomic E-state index is 11.7. The van der Waals surface area contributed by atoms with Gasteiger partial charge in [-0.25, -0.2) is 0 Å². The molecule has 128 valence electrons. The molecule has 5 nitrogen and oxygen atoms in total. The Bertz CT molecular complexity index is 341. The van der Waals surface area contributed by atoms with Gasteiger partial charge in [0.05, 0.1) is 19.3 Å². The number of nitrogens with zero attached hydrogens (tertiary/aromatic N) is 3. The van der Waals surface area contributed by atoms with Crippen molar-refractivity contribution in [2.24, 2.45) is 5.92 Å². The molecule has 5 heteroatoms. The van der Waals surface area contributed by atoms with Crippen LogP contribution in [0.5, 0.6) is 0 Å². The molecule has 0 aromatic carbocycles. The van der Waals surface area contributed by atoms with E-state index in [0.29, 0.717) is 12.6 Å². The van der Waals surface area contributed by atoms with Gasteiger partial charge in [0, 0.05) is 46.8 Å². The van der Waals surface area contributed by atoms with E-state index < -0.39 is 0 Å². The van der Waals surface area contributed by atoms with Crippen LogP contribution in [0.4, 0.5) is 0 Å². The Labute approximate surface area is 135 Å². The number of carbonyl (C=O) groups excluding carboxylic acids is 1. The second kappa shape index (κ2) is 8.85. The molecular weight excluding hydrogens is 278 g/mol. The Morgan fingerprint density at radius 3 is 2.36 bits per heavy atom. The minimum Gasteiger partial charge on any atom is -0.377 e. The topological polar surface area (TPSA) is 36.0 Å². The van der Waals surface area contributed by atoms with Crippen molar-refractivity contribution in [3.63, 3.8) is 0 Å². The van der Waals surface area contributed by atoms with E-state index >= 15 is 0 Å². The number of ether oxygens (including phenoxy) is 1. The highest BCUT2D eigenvalue weighted by Crippen LogP contribution is 2.26. The van der Waals surface area contributed by atoms with Gasteiger partial charge in [0.15, 0.2) is 0 Å². The quantitative estimate of drug-likeness (QED) is 0.740. The van der Waals surface area contributed by atoms with E-state index in [4.69, 9.17) is 4.74 Å². The van der Waals surface area contributed by atoms with E-state index in [-0.39, 0.29) is 5.91 Å². The summed E-state index contributed by atoms with van der Waals surface area (Å²) in [5.74, 6) is 0.922. The standard InChI is InChI=1S/C17H33N3O2/c1-15-6-4-5-7-16(15)22-13-12-19-8-10-20(11-9-19)14-17(21)18(2)3/h15-16H,4-14H2,1-3H3. The first kappa shape index (κ1) is 17.7. The van der Waals surface area contributed by atoms with Gasteiger partial charge >= 0.3 is 0 Å². The van der Waals surface area contributed by atoms with Gasteiger partial charge in [-0.05, 0) is 18.8 Å². The number of piperazine rings is 1. The van der Waals surface area contributed by atoms with Crippen LogP contribution in [-0.2, 0) is 9.53 Å². The minimum atomic E-state index is 0.197. The summed E-state index contributed by atoms with van der Waals surface area (Å²) in [6, 6.07) is 0. The molecule has 0 aromatic rings. The van der Waals surface area contributed by atoms with Crippen LogP contribution in [0.25, 0.3) is 0 Å². The predicted molar refractivity (Wildman–Crippen MR) is 88.9 cm³/mol. The number of hydrogen-bond donors (Lipinski definition) is 0. The van der Waals surface area contributed by atoms with E-state index in [1.807, 2.05) is 14.1 Å². The number of rotatable bonds is 6. The summed E-state index contributed by atoms with van der Waals surface area (Å²) in [4.78, 5) is 18.1. The van der Waals surface area contributed by atoms with Crippen molar-refractivity contribution in [2.45, 2.75) is 38.7 Å². The molecule has 1 saturated carbocycles. The zero-order valence-electron chi connectivity index (χ0n) is 14.6. The average Bonchev–Trinajstić information content (AvgIpc) is 2.51. The monoisotopic (exact) mass is 311 g/mol. The number of amides is 1. The molecular formula is C17H33N3O2. The Kier molecular flexibility index (Phi) is 7.12. The number of hydrogen-bond acceptors (Lipinski definition) is 4. The lowest BCUT2D eigenvalue weighted by molar-refractivity contribution is -0.130. The summed E-state index contributed by atoms with van der Waals surface area (Å²) < 4.78 is 6.10. The van der Waals surface area contributed by atoms with Gasteiger partial charge in [-0.15, -0.1) is 0 Å². The highest BCUT2D eigenvalue weighted by atomic mass is 16.5. The highest BCUT2D eigenvalue weighted by Gasteiger charge is 2.23. The van der Waals surface area contributed by atoms with Crippen molar-refractivity contribution < 1.29 is 9.53 Å². The fourth-order valence-corrected chi connectivity index (χ4v) is 3.37. The first-order valence-electron chi connectivity index (χ1n) is 8.82. The molecule has 1 aliphatic heterocycles. The first-order chi connectivity index (χ1) is 10.6. The van der Waals surface area contributed by atoms with Gasteiger partial charge in [0.25, 0.3) is 0 Å². The third-order valence-electron chi connectivity index (χ3n) is 5.09. The van der Waals surface area contributed by atoms with Crippen LogP contribution in [0.1, 0.15) is 32.6 Å². The van der Waals surface area contributed by atoms with E-state index in [9.17, 15) is 4.79 Å². The van der Waals surface area contributed by atoms with Gasteiger partial charge in [0.1, 0.15) is 0 Å². The molecule has 1 heterocycles. The third-order valence-corrected chi connectivity index (χ3v) is 5.09. The van der Waals surface area contributed by atoms with Crippen molar-refractivity contribution in [3.8, 4) is 0 Å². The molecule has 2 atom stereocenters. The van der Waals surface area contributed by atoms with Crippen molar-refractivity contribution in [1.82, 2.24) is 14.7 Å². The van der Waals surface area contributed by atoms with Crippen LogP contribution in [0.15, 0.2) is 0 Å². The maximum absolute atomic E-state index is 11.7. The summed E-state index contributed by atoms with van der Waals surface area (Å²) in [6.07, 6.45) is 5.74. The number of likely N-dealkylation sites (N-methyl/N-ethyl adjacent to an activating group) is 1. The molecule has 22 heavy (non-hydrogen) atoms. The van der Waals surface area contributed by atoms with E-state index in [1.165, 1.54) is 25.7 Å². The Morgan fingerprint density at radius 1 is 1.09 bits per heavy atom. The van der Waals surface area contributed by atoms with Crippen molar-refractivity contribution in [2.75, 3.05) is 60.0 Å². The molecule has 0 spiro atoms. The second-order valence-corrected chi connectivity index (χ2v) is 7.08. The summed E-state index contributed by atoms with van der Waals surface area (Å²) in [5, 5.41) is 0. The molecule has 1 aliphatic carbocycles. The molecule has 2 unspecified atom stereocenters. The van der Waals surface area contributed by atoms with Crippen molar-refractivity contribution in [3.05, 3.63) is 0 Å². The summed E-state index contributed by atoms with van der Waals surface area (Å²) in [6.45, 7) is 8.82. The summed E-state index contributed by atoms with van der Waals surface area (Å²) in [5.41, 5.74) is 0. The maximum Gasteiger partial charge on any atom is 0.236 e. The lowest BCUT2D eigenvalue weighted by atomic mass is 9.88. The SMILES string of the molecule is CC1CCCCC1OCCN1CCN(CC(=O)N(C)C)CC1. The molecule has 2 aliphatic rings. The molecule has 0 N–H and O–H groups in total. The predicted octanol–water partition coefficient (Wildman–Crippen LogP) is 1.29. The molecule has 2 rings (SSSR count). The summed E-state index contributed by atoms with van der Waals surface area (Å²) >= 11 is 0. The van der Waals surface area contributed by atoms with Crippen LogP contribution in [0, 0.1) is 5.92 Å². The Balaban J connectivity index is 1.58. The Hall–Kier alpha value is -0.650. The normalized spacial score (nSPS) is 27.8. The summed E-state index contributed by atoms with van der Waals surface area (Å²) in [7, 11) is 3.64. The average molecular weight is 311 g/mol. The van der Waals surface area contributed by atoms with Crippen molar-refractivity contribution in [1.29, 1.82) is 0 Å². The Morgan fingerprint density at radius 2 is 1.73 bits per heavy atom. The van der Waals surface area contributed by atoms with Crippen LogP contribution in [0.3, 0.4) is 0 Å². The third kappa shape index (κ3) is 5.52. The van der Waals surface area contributed by atoms with E-state index in [0.717, 1.165) is 45.2 Å². The number of carbonyl (C=O) groups is 1. The highest BCUT2D eigenvalue weighted by molar-refractivity contribution is 5.77. The molecule has 1 amide bonds. The molecule has 0 radical (unpaired) electrons. The van der Waals surface area contributed by atoms with Crippen molar-refractivity contribution >= 4 is 5.91 Å². The lowest BCUT2D eigenvalue weighted by Crippen LogP contribution is -2.50. The molecule has 2 fully saturated rings. The largest absolute Gasteiger partial charge is 0.377 e. The van der Waals surface area contributed by atoms with Gasteiger partial charge in [-0.1, -0.05) is 19.8 Å². The fraction of sp³-hybridized carbons (Fsp3) is 0.941. The van der Waals surface area contributed by atoms with Gasteiger partial charge < -0.3 is 9.64 Å². The smallest absolute Gasteiger partial charge is 0.236 e. The van der Waals surface area contributed by atoms with Gasteiger partial charge in [0.2, 0.25) is 5.91 Å². The zero-order valence-corrected chi connectivity index (χ0v) is 14.6. The van der Waals surface area contributed by atoms with Gasteiger partial charge in [-0.3, -0.25) is 14.6 Å². The van der Waals surface area contributed by atoms with Crippen LogP contribution in [-0.4, -0.2) is 86.7 Å². The first-order valence-corrected chi connectivity index (χ1v) is 8.82. The van der Waals surface area contributed by atoms with Gasteiger partial charge in [-0.2, -0.15) is 0 Å². The molecule has 0 aromatic heterocycles. The minimum absolute atomic E-state index is 0.197.